The van der Waals surface area contributed by atoms with E-state index in [0.717, 1.165) is 16.6 Å². The molecule has 2 nitrogen and oxygen atoms in total. The first-order chi connectivity index (χ1) is 8.25. The molecule has 82 valence electrons. The molecule has 2 heteroatoms. The number of benzene rings is 2. The molecule has 0 aliphatic heterocycles. The normalized spacial score (nSPS) is 10.9. The lowest BCUT2D eigenvalue weighted by molar-refractivity contribution is 1.10. The van der Waals surface area contributed by atoms with Crippen molar-refractivity contribution in [1.82, 2.24) is 9.55 Å². The van der Waals surface area contributed by atoms with Crippen LogP contribution in [-0.2, 0) is 0 Å². The molecular weight excluding hydrogens is 208 g/mol. The fraction of sp³-hybridized carbons (Fsp3) is 0.0667. The van der Waals surface area contributed by atoms with Gasteiger partial charge in [0, 0.05) is 0 Å². The minimum atomic E-state index is 0.962. The standard InChI is InChI=1S/C15H12N2/c1-11-8-13(12-6-4-3-5-7-12)9-14-15(11)16-10-17(14)2/h2-10H,1H3. The Labute approximate surface area is 101 Å². The van der Waals surface area contributed by atoms with Gasteiger partial charge >= 0.3 is 0 Å². The molecule has 2 aromatic carbocycles. The first kappa shape index (κ1) is 10.1. The fourth-order valence-corrected chi connectivity index (χ4v) is 2.11. The molecule has 17 heavy (non-hydrogen) atoms. The summed E-state index contributed by atoms with van der Waals surface area (Å²) in [5.74, 6) is 0. The van der Waals surface area contributed by atoms with Crippen molar-refractivity contribution in [2.75, 3.05) is 0 Å². The van der Waals surface area contributed by atoms with Gasteiger partial charge in [0.05, 0.1) is 24.4 Å². The van der Waals surface area contributed by atoms with Gasteiger partial charge in [-0.25, -0.2) is 4.98 Å². The summed E-state index contributed by atoms with van der Waals surface area (Å²) in [6, 6.07) is 14.5. The van der Waals surface area contributed by atoms with Gasteiger partial charge in [-0.2, -0.15) is 0 Å². The highest BCUT2D eigenvalue weighted by molar-refractivity contribution is 5.85. The molecule has 0 saturated carbocycles. The molecule has 0 aliphatic rings. The van der Waals surface area contributed by atoms with E-state index in [-0.39, 0.29) is 0 Å². The minimum Gasteiger partial charge on any atom is -0.323 e. The molecule has 0 N–H and O–H groups in total. The van der Waals surface area contributed by atoms with Crippen molar-refractivity contribution in [2.24, 2.45) is 0 Å². The molecule has 1 aromatic heterocycles. The average molecular weight is 220 g/mol. The Morgan fingerprint density at radius 1 is 1.06 bits per heavy atom. The summed E-state index contributed by atoms with van der Waals surface area (Å²) in [6.07, 6.45) is 1.65. The summed E-state index contributed by atoms with van der Waals surface area (Å²) in [5, 5.41) is 0. The van der Waals surface area contributed by atoms with Crippen LogP contribution < -0.4 is 0 Å². The molecule has 0 atom stereocenters. The van der Waals surface area contributed by atoms with Crippen LogP contribution in [0.2, 0.25) is 0 Å². The van der Waals surface area contributed by atoms with Crippen molar-refractivity contribution in [1.29, 1.82) is 0 Å². The second-order valence-corrected chi connectivity index (χ2v) is 4.18. The maximum Gasteiger partial charge on any atom is 0.0962 e. The molecule has 0 bridgehead atoms. The first-order valence-electron chi connectivity index (χ1n) is 5.54. The smallest absolute Gasteiger partial charge is 0.0962 e. The molecule has 0 fully saturated rings. The molecule has 0 saturated heterocycles. The molecule has 0 unspecified atom stereocenters. The third-order valence-electron chi connectivity index (χ3n) is 2.98. The van der Waals surface area contributed by atoms with Crippen molar-refractivity contribution in [3.63, 3.8) is 0 Å². The number of imidazole rings is 1. The highest BCUT2D eigenvalue weighted by atomic mass is 15.0. The predicted molar refractivity (Wildman–Crippen MR) is 69.6 cm³/mol. The molecule has 0 spiro atoms. The maximum atomic E-state index is 5.85. The lowest BCUT2D eigenvalue weighted by atomic mass is 10.0. The second-order valence-electron chi connectivity index (χ2n) is 4.18. The molecule has 1 heterocycles. The first-order valence-corrected chi connectivity index (χ1v) is 5.54. The molecule has 3 rings (SSSR count). The molecular formula is C15H12N2. The predicted octanol–water partition coefficient (Wildman–Crippen LogP) is 3.53. The summed E-state index contributed by atoms with van der Waals surface area (Å²) in [4.78, 5) is 4.29. The minimum absolute atomic E-state index is 0.962. The van der Waals surface area contributed by atoms with Crippen LogP contribution >= 0.6 is 0 Å². The molecule has 2 radical (unpaired) electrons. The Hall–Kier alpha value is -2.09. The number of aryl methyl sites for hydroxylation is 1. The fourth-order valence-electron chi connectivity index (χ4n) is 2.11. The van der Waals surface area contributed by atoms with Crippen molar-refractivity contribution in [3.05, 3.63) is 61.4 Å². The zero-order chi connectivity index (χ0) is 11.8. The monoisotopic (exact) mass is 220 g/mol. The number of hydrogen-bond acceptors (Lipinski definition) is 1. The Kier molecular flexibility index (Phi) is 2.22. The number of rotatable bonds is 1. The van der Waals surface area contributed by atoms with E-state index in [1.54, 1.807) is 10.9 Å². The summed E-state index contributed by atoms with van der Waals surface area (Å²) < 4.78 is 1.56. The van der Waals surface area contributed by atoms with Crippen LogP contribution in [0.5, 0.6) is 0 Å². The second kappa shape index (κ2) is 3.74. The Bertz CT molecular complexity index is 666. The van der Waals surface area contributed by atoms with E-state index in [1.807, 2.05) is 18.2 Å². The zero-order valence-corrected chi connectivity index (χ0v) is 9.59. The van der Waals surface area contributed by atoms with E-state index >= 15 is 0 Å². The van der Waals surface area contributed by atoms with Gasteiger partial charge < -0.3 is 4.57 Å². The summed E-state index contributed by atoms with van der Waals surface area (Å²) >= 11 is 0. The van der Waals surface area contributed by atoms with Gasteiger partial charge in [-0.1, -0.05) is 30.3 Å². The van der Waals surface area contributed by atoms with E-state index in [9.17, 15) is 0 Å². The van der Waals surface area contributed by atoms with Crippen LogP contribution in [0.1, 0.15) is 5.56 Å². The topological polar surface area (TPSA) is 17.8 Å². The van der Waals surface area contributed by atoms with E-state index in [4.69, 9.17) is 7.05 Å². The molecule has 0 amide bonds. The van der Waals surface area contributed by atoms with Gasteiger partial charge in [-0.15, -0.1) is 0 Å². The van der Waals surface area contributed by atoms with Crippen LogP contribution in [0.4, 0.5) is 0 Å². The van der Waals surface area contributed by atoms with Gasteiger partial charge in [0.2, 0.25) is 0 Å². The van der Waals surface area contributed by atoms with Crippen molar-refractivity contribution in [2.45, 2.75) is 6.92 Å². The highest BCUT2D eigenvalue weighted by Crippen LogP contribution is 2.26. The van der Waals surface area contributed by atoms with Crippen LogP contribution in [0, 0.1) is 14.0 Å². The van der Waals surface area contributed by atoms with Gasteiger partial charge in [0.1, 0.15) is 0 Å². The van der Waals surface area contributed by atoms with Crippen LogP contribution in [0.15, 0.2) is 48.8 Å². The van der Waals surface area contributed by atoms with Gasteiger partial charge in [-0.3, -0.25) is 0 Å². The van der Waals surface area contributed by atoms with Gasteiger partial charge in [0.25, 0.3) is 0 Å². The van der Waals surface area contributed by atoms with Crippen molar-refractivity contribution >= 4 is 11.0 Å². The Morgan fingerprint density at radius 2 is 1.82 bits per heavy atom. The van der Waals surface area contributed by atoms with Crippen LogP contribution in [0.3, 0.4) is 0 Å². The Balaban J connectivity index is 2.28. The van der Waals surface area contributed by atoms with Crippen LogP contribution in [0.25, 0.3) is 22.2 Å². The maximum absolute atomic E-state index is 5.85. The molecule has 3 aromatic rings. The lowest BCUT2D eigenvalue weighted by Crippen LogP contribution is -1.85. The SMILES string of the molecule is [CH]n1cnc2c(C)cc(-c3ccccc3)cc21. The Morgan fingerprint density at radius 3 is 2.59 bits per heavy atom. The number of hydrogen-bond donors (Lipinski definition) is 0. The third-order valence-corrected chi connectivity index (χ3v) is 2.98. The average Bonchev–Trinajstić information content (AvgIpc) is 2.73. The van der Waals surface area contributed by atoms with E-state index < -0.39 is 0 Å². The molecule has 0 aliphatic carbocycles. The quantitative estimate of drug-likeness (QED) is 0.613. The summed E-state index contributed by atoms with van der Waals surface area (Å²) in [7, 11) is 5.85. The van der Waals surface area contributed by atoms with Crippen molar-refractivity contribution < 1.29 is 0 Å². The van der Waals surface area contributed by atoms with E-state index in [0.29, 0.717) is 0 Å². The van der Waals surface area contributed by atoms with Crippen molar-refractivity contribution in [3.8, 4) is 11.1 Å². The zero-order valence-electron chi connectivity index (χ0n) is 9.59. The number of nitrogens with zero attached hydrogens (tertiary/aromatic N) is 2. The summed E-state index contributed by atoms with van der Waals surface area (Å²) in [6.45, 7) is 2.06. The third kappa shape index (κ3) is 1.62. The van der Waals surface area contributed by atoms with E-state index in [2.05, 4.69) is 36.2 Å². The lowest BCUT2D eigenvalue weighted by Gasteiger charge is -2.05. The number of fused-ring (bicyclic) bond motifs is 1. The van der Waals surface area contributed by atoms with E-state index in [1.165, 1.54) is 11.1 Å². The van der Waals surface area contributed by atoms with Gasteiger partial charge in [0.15, 0.2) is 0 Å². The largest absolute Gasteiger partial charge is 0.323 e. The van der Waals surface area contributed by atoms with Crippen LogP contribution in [-0.4, -0.2) is 9.55 Å². The summed E-state index contributed by atoms with van der Waals surface area (Å²) in [5.41, 5.74) is 5.43. The highest BCUT2D eigenvalue weighted by Gasteiger charge is 2.06. The number of aromatic nitrogens is 2. The van der Waals surface area contributed by atoms with Gasteiger partial charge in [-0.05, 0) is 35.7 Å².